The molecule has 0 heterocycles. The standard InChI is InChI=1S/C13H10N2O3/c14-9-1-2-10-3-5-11(6-4-10)15-12(16)7-8-13(17)18/h3-6H,7-8H2,(H,15,16)(H,17,18). The van der Waals surface area contributed by atoms with Gasteiger partial charge in [0.15, 0.2) is 6.07 Å². The minimum atomic E-state index is -1.01. The van der Waals surface area contributed by atoms with E-state index in [1.165, 1.54) is 0 Å². The number of anilines is 1. The van der Waals surface area contributed by atoms with Crippen LogP contribution in [0.5, 0.6) is 0 Å². The number of nitriles is 1. The molecular formula is C13H10N2O3. The van der Waals surface area contributed by atoms with Crippen molar-refractivity contribution in [2.45, 2.75) is 12.8 Å². The SMILES string of the molecule is N#CC#Cc1ccc(NC(=O)CCC(=O)O)cc1. The van der Waals surface area contributed by atoms with Crippen molar-refractivity contribution in [2.75, 3.05) is 5.32 Å². The molecule has 0 atom stereocenters. The van der Waals surface area contributed by atoms with Crippen molar-refractivity contribution in [3.8, 4) is 17.9 Å². The van der Waals surface area contributed by atoms with E-state index < -0.39 is 5.97 Å². The van der Waals surface area contributed by atoms with Crippen molar-refractivity contribution >= 4 is 17.6 Å². The maximum Gasteiger partial charge on any atom is 0.303 e. The third-order valence-electron chi connectivity index (χ3n) is 2.00. The molecule has 0 aromatic heterocycles. The van der Waals surface area contributed by atoms with Crippen LogP contribution in [0.4, 0.5) is 5.69 Å². The maximum atomic E-state index is 11.3. The highest BCUT2D eigenvalue weighted by Crippen LogP contribution is 2.09. The van der Waals surface area contributed by atoms with E-state index in [-0.39, 0.29) is 18.7 Å². The number of nitrogens with one attached hydrogen (secondary N) is 1. The lowest BCUT2D eigenvalue weighted by atomic mass is 10.2. The molecule has 1 rings (SSSR count). The van der Waals surface area contributed by atoms with Crippen molar-refractivity contribution in [1.82, 2.24) is 0 Å². The normalized spacial score (nSPS) is 8.61. The molecule has 2 N–H and O–H groups in total. The highest BCUT2D eigenvalue weighted by molar-refractivity contribution is 5.92. The number of carbonyl (C=O) groups excluding carboxylic acids is 1. The van der Waals surface area contributed by atoms with Gasteiger partial charge in [0.1, 0.15) is 0 Å². The molecule has 0 spiro atoms. The lowest BCUT2D eigenvalue weighted by molar-refractivity contribution is -0.138. The average Bonchev–Trinajstić information content (AvgIpc) is 2.35. The molecule has 0 aliphatic heterocycles. The Morgan fingerprint density at radius 2 is 1.89 bits per heavy atom. The fraction of sp³-hybridized carbons (Fsp3) is 0.154. The van der Waals surface area contributed by atoms with Gasteiger partial charge in [0.25, 0.3) is 0 Å². The van der Waals surface area contributed by atoms with Gasteiger partial charge in [-0.2, -0.15) is 5.26 Å². The van der Waals surface area contributed by atoms with Crippen molar-refractivity contribution in [3.63, 3.8) is 0 Å². The summed E-state index contributed by atoms with van der Waals surface area (Å²) >= 11 is 0. The van der Waals surface area contributed by atoms with E-state index in [0.717, 1.165) is 0 Å². The van der Waals surface area contributed by atoms with Gasteiger partial charge in [-0.05, 0) is 24.3 Å². The van der Waals surface area contributed by atoms with Gasteiger partial charge in [-0.15, -0.1) is 0 Å². The smallest absolute Gasteiger partial charge is 0.303 e. The van der Waals surface area contributed by atoms with Crippen molar-refractivity contribution in [1.29, 1.82) is 5.26 Å². The van der Waals surface area contributed by atoms with E-state index in [0.29, 0.717) is 11.3 Å². The van der Waals surface area contributed by atoms with Gasteiger partial charge in [-0.1, -0.05) is 5.92 Å². The number of aliphatic carboxylic acids is 1. The number of nitrogens with zero attached hydrogens (tertiary/aromatic N) is 1. The van der Waals surface area contributed by atoms with Crippen LogP contribution in [0.3, 0.4) is 0 Å². The first kappa shape index (κ1) is 13.3. The fourth-order valence-electron chi connectivity index (χ4n) is 1.18. The molecule has 1 aromatic carbocycles. The molecule has 0 unspecified atom stereocenters. The number of amides is 1. The summed E-state index contributed by atoms with van der Waals surface area (Å²) in [6.07, 6.45) is -0.261. The Bertz CT molecular complexity index is 544. The molecule has 1 aromatic rings. The van der Waals surface area contributed by atoms with Gasteiger partial charge < -0.3 is 10.4 Å². The first-order chi connectivity index (χ1) is 8.61. The molecule has 0 radical (unpaired) electrons. The summed E-state index contributed by atoms with van der Waals surface area (Å²) in [7, 11) is 0. The average molecular weight is 242 g/mol. The van der Waals surface area contributed by atoms with E-state index in [1.54, 1.807) is 30.3 Å². The molecule has 5 nitrogen and oxygen atoms in total. The predicted octanol–water partition coefficient (Wildman–Crippen LogP) is 1.36. The zero-order chi connectivity index (χ0) is 13.4. The topological polar surface area (TPSA) is 90.2 Å². The van der Waals surface area contributed by atoms with Gasteiger partial charge in [0.05, 0.1) is 6.42 Å². The summed E-state index contributed by atoms with van der Waals surface area (Å²) in [5.74, 6) is 3.51. The Labute approximate surface area is 104 Å². The lowest BCUT2D eigenvalue weighted by Gasteiger charge is -2.03. The molecule has 0 bridgehead atoms. The van der Waals surface area contributed by atoms with E-state index in [1.807, 2.05) is 0 Å². The third-order valence-corrected chi connectivity index (χ3v) is 2.00. The summed E-state index contributed by atoms with van der Waals surface area (Å²) in [6.45, 7) is 0. The van der Waals surface area contributed by atoms with Crippen molar-refractivity contribution < 1.29 is 14.7 Å². The number of hydrogen-bond donors (Lipinski definition) is 2. The van der Waals surface area contributed by atoms with Gasteiger partial charge in [0.2, 0.25) is 5.91 Å². The number of rotatable bonds is 4. The van der Waals surface area contributed by atoms with Crippen LogP contribution in [0.1, 0.15) is 18.4 Å². The van der Waals surface area contributed by atoms with Crippen LogP contribution in [0, 0.1) is 23.2 Å². The fourth-order valence-corrected chi connectivity index (χ4v) is 1.18. The molecule has 0 aliphatic carbocycles. The Morgan fingerprint density at radius 1 is 1.22 bits per heavy atom. The summed E-state index contributed by atoms with van der Waals surface area (Å²) in [6, 6.07) is 8.31. The second kappa shape index (κ2) is 6.72. The summed E-state index contributed by atoms with van der Waals surface area (Å²) < 4.78 is 0. The van der Waals surface area contributed by atoms with E-state index in [9.17, 15) is 9.59 Å². The molecule has 5 heteroatoms. The molecule has 90 valence electrons. The van der Waals surface area contributed by atoms with Crippen LogP contribution in [-0.4, -0.2) is 17.0 Å². The van der Waals surface area contributed by atoms with E-state index >= 15 is 0 Å². The highest BCUT2D eigenvalue weighted by atomic mass is 16.4. The first-order valence-corrected chi connectivity index (χ1v) is 5.13. The number of hydrogen-bond acceptors (Lipinski definition) is 3. The third kappa shape index (κ3) is 4.82. The van der Waals surface area contributed by atoms with Gasteiger partial charge >= 0.3 is 5.97 Å². The van der Waals surface area contributed by atoms with E-state index in [4.69, 9.17) is 10.4 Å². The summed E-state index contributed by atoms with van der Waals surface area (Å²) in [5, 5.41) is 19.3. The Kier molecular flexibility index (Phi) is 4.96. The minimum Gasteiger partial charge on any atom is -0.481 e. The lowest BCUT2D eigenvalue weighted by Crippen LogP contribution is -2.13. The number of carbonyl (C=O) groups is 2. The molecule has 1 amide bonds. The predicted molar refractivity (Wildman–Crippen MR) is 64.4 cm³/mol. The van der Waals surface area contributed by atoms with Crippen LogP contribution < -0.4 is 5.32 Å². The molecule has 0 saturated heterocycles. The molecule has 0 fully saturated rings. The molecule has 0 aliphatic rings. The minimum absolute atomic E-state index is 0.0642. The summed E-state index contributed by atoms with van der Waals surface area (Å²) in [4.78, 5) is 21.6. The summed E-state index contributed by atoms with van der Waals surface area (Å²) in [5.41, 5.74) is 1.23. The van der Waals surface area contributed by atoms with E-state index in [2.05, 4.69) is 17.2 Å². The van der Waals surface area contributed by atoms with Crippen LogP contribution >= 0.6 is 0 Å². The van der Waals surface area contributed by atoms with Crippen LogP contribution in [-0.2, 0) is 9.59 Å². The largest absolute Gasteiger partial charge is 0.481 e. The maximum absolute atomic E-state index is 11.3. The molecule has 18 heavy (non-hydrogen) atoms. The van der Waals surface area contributed by atoms with Gasteiger partial charge in [-0.3, -0.25) is 9.59 Å². The van der Waals surface area contributed by atoms with Crippen LogP contribution in [0.25, 0.3) is 0 Å². The van der Waals surface area contributed by atoms with Crippen molar-refractivity contribution in [3.05, 3.63) is 29.8 Å². The Balaban J connectivity index is 2.56. The quantitative estimate of drug-likeness (QED) is 0.780. The van der Waals surface area contributed by atoms with Crippen LogP contribution in [0.2, 0.25) is 0 Å². The number of carboxylic acids is 1. The molecular weight excluding hydrogens is 232 g/mol. The first-order valence-electron chi connectivity index (χ1n) is 5.13. The monoisotopic (exact) mass is 242 g/mol. The highest BCUT2D eigenvalue weighted by Gasteiger charge is 2.05. The zero-order valence-corrected chi connectivity index (χ0v) is 9.43. The number of benzene rings is 1. The molecule has 0 saturated carbocycles. The Morgan fingerprint density at radius 3 is 2.44 bits per heavy atom. The second-order valence-electron chi connectivity index (χ2n) is 3.38. The number of carboxylic acid groups (broad SMARTS) is 1. The second-order valence-corrected chi connectivity index (χ2v) is 3.38. The van der Waals surface area contributed by atoms with Crippen LogP contribution in [0.15, 0.2) is 24.3 Å². The Hall–Kier alpha value is -2.79. The zero-order valence-electron chi connectivity index (χ0n) is 9.43. The van der Waals surface area contributed by atoms with Gasteiger partial charge in [-0.25, -0.2) is 0 Å². The van der Waals surface area contributed by atoms with Crippen molar-refractivity contribution in [2.24, 2.45) is 0 Å². The van der Waals surface area contributed by atoms with Gasteiger partial charge in [0, 0.05) is 23.6 Å².